The maximum Gasteiger partial charge on any atom is 0.254 e. The van der Waals surface area contributed by atoms with Gasteiger partial charge in [-0.2, -0.15) is 0 Å². The first-order valence-electron chi connectivity index (χ1n) is 6.49. The molecule has 2 rings (SSSR count). The molecular formula is C13H20N4O. The van der Waals surface area contributed by atoms with Crippen molar-refractivity contribution < 1.29 is 4.79 Å². The Labute approximate surface area is 108 Å². The van der Waals surface area contributed by atoms with E-state index in [1.165, 1.54) is 6.33 Å². The van der Waals surface area contributed by atoms with Crippen molar-refractivity contribution in [1.82, 2.24) is 20.2 Å². The Morgan fingerprint density at radius 1 is 1.33 bits per heavy atom. The van der Waals surface area contributed by atoms with Crippen LogP contribution in [0.4, 0.5) is 0 Å². The van der Waals surface area contributed by atoms with Gasteiger partial charge in [-0.1, -0.05) is 13.8 Å². The van der Waals surface area contributed by atoms with E-state index in [2.05, 4.69) is 34.0 Å². The molecule has 1 saturated carbocycles. The fraction of sp³-hybridized carbons (Fsp3) is 0.615. The van der Waals surface area contributed by atoms with E-state index >= 15 is 0 Å². The molecule has 5 heteroatoms. The lowest BCUT2D eigenvalue weighted by atomic mass is 10.2. The van der Waals surface area contributed by atoms with Crippen LogP contribution in [0.15, 0.2) is 18.7 Å². The number of hydrogen-bond acceptors (Lipinski definition) is 4. The Hall–Kier alpha value is -1.49. The van der Waals surface area contributed by atoms with E-state index in [4.69, 9.17) is 0 Å². The lowest BCUT2D eigenvalue weighted by molar-refractivity contribution is 0.0917. The summed E-state index contributed by atoms with van der Waals surface area (Å²) in [7, 11) is 0. The summed E-state index contributed by atoms with van der Waals surface area (Å²) in [5.41, 5.74) is 0.502. The summed E-state index contributed by atoms with van der Waals surface area (Å²) in [6.45, 7) is 7.25. The van der Waals surface area contributed by atoms with E-state index in [9.17, 15) is 4.79 Å². The maximum atomic E-state index is 12.0. The minimum atomic E-state index is -0.0692. The number of nitrogens with zero attached hydrogens (tertiary/aromatic N) is 3. The average Bonchev–Trinajstić information content (AvgIpc) is 3.17. The van der Waals surface area contributed by atoms with Gasteiger partial charge in [0.1, 0.15) is 6.33 Å². The second-order valence-electron chi connectivity index (χ2n) is 4.82. The molecule has 5 nitrogen and oxygen atoms in total. The molecule has 1 aliphatic carbocycles. The predicted octanol–water partition coefficient (Wildman–Crippen LogP) is 1.08. The Bertz CT molecular complexity index is 399. The van der Waals surface area contributed by atoms with Crippen molar-refractivity contribution in [2.75, 3.05) is 19.6 Å². The van der Waals surface area contributed by atoms with Crippen LogP contribution in [0.25, 0.3) is 0 Å². The summed E-state index contributed by atoms with van der Waals surface area (Å²) in [4.78, 5) is 22.1. The summed E-state index contributed by atoms with van der Waals surface area (Å²) in [6, 6.07) is 0. The quantitative estimate of drug-likeness (QED) is 0.818. The van der Waals surface area contributed by atoms with E-state index in [0.717, 1.165) is 32.5 Å². The molecule has 1 N–H and O–H groups in total. The summed E-state index contributed by atoms with van der Waals surface area (Å²) in [5.74, 6) is -0.0692. The normalized spacial score (nSPS) is 16.6. The highest BCUT2D eigenvalue weighted by molar-refractivity contribution is 5.94. The summed E-state index contributed by atoms with van der Waals surface area (Å²) >= 11 is 0. The number of carbonyl (C=O) groups excluding carboxylic acids is 1. The highest BCUT2D eigenvalue weighted by Gasteiger charge is 2.44. The molecule has 0 aliphatic heterocycles. The first-order valence-corrected chi connectivity index (χ1v) is 6.49. The topological polar surface area (TPSA) is 58.1 Å². The molecule has 0 aromatic carbocycles. The van der Waals surface area contributed by atoms with Crippen LogP contribution in [0.5, 0.6) is 0 Å². The third-order valence-corrected chi connectivity index (χ3v) is 3.48. The van der Waals surface area contributed by atoms with Gasteiger partial charge in [0.05, 0.1) is 11.1 Å². The van der Waals surface area contributed by atoms with Crippen LogP contribution in [-0.4, -0.2) is 45.9 Å². The van der Waals surface area contributed by atoms with Crippen LogP contribution in [0, 0.1) is 0 Å². The van der Waals surface area contributed by atoms with E-state index in [-0.39, 0.29) is 11.4 Å². The molecule has 1 heterocycles. The van der Waals surface area contributed by atoms with Crippen molar-refractivity contribution in [3.05, 3.63) is 24.3 Å². The van der Waals surface area contributed by atoms with Crippen molar-refractivity contribution in [2.24, 2.45) is 0 Å². The fourth-order valence-corrected chi connectivity index (χ4v) is 2.08. The van der Waals surface area contributed by atoms with Gasteiger partial charge < -0.3 is 10.2 Å². The molecule has 0 unspecified atom stereocenters. The standard InChI is InChI=1S/C13H20N4O/c1-3-17(4-2)9-13(5-6-13)16-12(18)11-7-14-10-15-8-11/h7-8,10H,3-6,9H2,1-2H3,(H,16,18). The molecule has 0 bridgehead atoms. The van der Waals surface area contributed by atoms with Crippen LogP contribution in [0.2, 0.25) is 0 Å². The third-order valence-electron chi connectivity index (χ3n) is 3.48. The average molecular weight is 248 g/mol. The summed E-state index contributed by atoms with van der Waals surface area (Å²) in [6.07, 6.45) is 6.65. The molecular weight excluding hydrogens is 228 g/mol. The zero-order valence-electron chi connectivity index (χ0n) is 11.0. The number of aromatic nitrogens is 2. The molecule has 1 aliphatic rings. The smallest absolute Gasteiger partial charge is 0.254 e. The lowest BCUT2D eigenvalue weighted by Gasteiger charge is -2.25. The van der Waals surface area contributed by atoms with Crippen molar-refractivity contribution in [1.29, 1.82) is 0 Å². The van der Waals surface area contributed by atoms with Crippen molar-refractivity contribution >= 4 is 5.91 Å². The van der Waals surface area contributed by atoms with Gasteiger partial charge >= 0.3 is 0 Å². The van der Waals surface area contributed by atoms with E-state index in [0.29, 0.717) is 5.56 Å². The van der Waals surface area contributed by atoms with Crippen LogP contribution in [0.3, 0.4) is 0 Å². The number of hydrogen-bond donors (Lipinski definition) is 1. The van der Waals surface area contributed by atoms with Gasteiger partial charge in [-0.3, -0.25) is 4.79 Å². The molecule has 98 valence electrons. The largest absolute Gasteiger partial charge is 0.345 e. The van der Waals surface area contributed by atoms with Crippen LogP contribution in [-0.2, 0) is 0 Å². The molecule has 18 heavy (non-hydrogen) atoms. The first-order chi connectivity index (χ1) is 8.69. The third kappa shape index (κ3) is 3.04. The van der Waals surface area contributed by atoms with Crippen molar-refractivity contribution in [3.8, 4) is 0 Å². The zero-order chi connectivity index (χ0) is 13.0. The summed E-state index contributed by atoms with van der Waals surface area (Å²) in [5, 5.41) is 3.12. The van der Waals surface area contributed by atoms with Crippen molar-refractivity contribution in [3.63, 3.8) is 0 Å². The number of carbonyl (C=O) groups is 1. The second-order valence-corrected chi connectivity index (χ2v) is 4.82. The van der Waals surface area contributed by atoms with E-state index in [1.54, 1.807) is 12.4 Å². The maximum absolute atomic E-state index is 12.0. The Balaban J connectivity index is 1.95. The summed E-state index contributed by atoms with van der Waals surface area (Å²) < 4.78 is 0. The molecule has 0 atom stereocenters. The van der Waals surface area contributed by atoms with Gasteiger partial charge in [0.25, 0.3) is 5.91 Å². The van der Waals surface area contributed by atoms with Gasteiger partial charge in [0, 0.05) is 18.9 Å². The molecule has 1 fully saturated rings. The molecule has 0 saturated heterocycles. The van der Waals surface area contributed by atoms with Crippen LogP contribution >= 0.6 is 0 Å². The molecule has 0 radical (unpaired) electrons. The van der Waals surface area contributed by atoms with Gasteiger partial charge in [-0.15, -0.1) is 0 Å². The van der Waals surface area contributed by atoms with Crippen LogP contribution in [0.1, 0.15) is 37.0 Å². The Morgan fingerprint density at radius 3 is 2.44 bits per heavy atom. The van der Waals surface area contributed by atoms with E-state index in [1.807, 2.05) is 0 Å². The van der Waals surface area contributed by atoms with Crippen LogP contribution < -0.4 is 5.32 Å². The van der Waals surface area contributed by atoms with Gasteiger partial charge in [0.2, 0.25) is 0 Å². The lowest BCUT2D eigenvalue weighted by Crippen LogP contribution is -2.45. The first kappa shape index (κ1) is 13.0. The highest BCUT2D eigenvalue weighted by atomic mass is 16.1. The molecule has 1 aromatic rings. The molecule has 1 amide bonds. The van der Waals surface area contributed by atoms with Crippen molar-refractivity contribution in [2.45, 2.75) is 32.2 Å². The van der Waals surface area contributed by atoms with Gasteiger partial charge in [0.15, 0.2) is 0 Å². The zero-order valence-corrected chi connectivity index (χ0v) is 11.0. The minimum absolute atomic E-state index is 0.0288. The number of likely N-dealkylation sites (N-methyl/N-ethyl adjacent to an activating group) is 1. The van der Waals surface area contributed by atoms with Gasteiger partial charge in [-0.25, -0.2) is 9.97 Å². The minimum Gasteiger partial charge on any atom is -0.345 e. The SMILES string of the molecule is CCN(CC)CC1(NC(=O)c2cncnc2)CC1. The van der Waals surface area contributed by atoms with Gasteiger partial charge in [-0.05, 0) is 25.9 Å². The monoisotopic (exact) mass is 248 g/mol. The second kappa shape index (κ2) is 5.44. The van der Waals surface area contributed by atoms with E-state index < -0.39 is 0 Å². The molecule has 1 aromatic heterocycles. The number of nitrogens with one attached hydrogen (secondary N) is 1. The Kier molecular flexibility index (Phi) is 3.91. The fourth-order valence-electron chi connectivity index (χ4n) is 2.08. The highest BCUT2D eigenvalue weighted by Crippen LogP contribution is 2.36. The number of amides is 1. The predicted molar refractivity (Wildman–Crippen MR) is 69.3 cm³/mol. The Morgan fingerprint density at radius 2 is 1.94 bits per heavy atom. The number of rotatable bonds is 6. The molecule has 0 spiro atoms.